The maximum atomic E-state index is 11.8. The van der Waals surface area contributed by atoms with Gasteiger partial charge in [0.1, 0.15) is 6.04 Å². The van der Waals surface area contributed by atoms with Crippen LogP contribution in [0.3, 0.4) is 0 Å². The summed E-state index contributed by atoms with van der Waals surface area (Å²) in [6.07, 6.45) is 6.68. The molecule has 0 aromatic heterocycles. The SMILES string of the molecule is CSCC[C@@H](NC(=O)NC1CCCC(C)C1)C(=O)O. The summed E-state index contributed by atoms with van der Waals surface area (Å²) in [5.41, 5.74) is 0. The van der Waals surface area contributed by atoms with Gasteiger partial charge in [-0.15, -0.1) is 0 Å². The van der Waals surface area contributed by atoms with Gasteiger partial charge in [0.05, 0.1) is 0 Å². The van der Waals surface area contributed by atoms with E-state index in [9.17, 15) is 9.59 Å². The number of hydrogen-bond donors (Lipinski definition) is 3. The van der Waals surface area contributed by atoms with Gasteiger partial charge in [0.15, 0.2) is 0 Å². The molecule has 1 rings (SSSR count). The van der Waals surface area contributed by atoms with Gasteiger partial charge in [-0.1, -0.05) is 19.8 Å². The zero-order valence-electron chi connectivity index (χ0n) is 11.6. The van der Waals surface area contributed by atoms with Crippen LogP contribution in [0, 0.1) is 5.92 Å². The summed E-state index contributed by atoms with van der Waals surface area (Å²) in [7, 11) is 0. The van der Waals surface area contributed by atoms with Crippen molar-refractivity contribution in [3.63, 3.8) is 0 Å². The normalized spacial score (nSPS) is 24.5. The van der Waals surface area contributed by atoms with Crippen LogP contribution in [-0.2, 0) is 4.79 Å². The molecule has 6 heteroatoms. The van der Waals surface area contributed by atoms with Crippen LogP contribution in [0.4, 0.5) is 4.79 Å². The van der Waals surface area contributed by atoms with Crippen molar-refractivity contribution in [3.05, 3.63) is 0 Å². The Kier molecular flexibility index (Phi) is 7.05. The van der Waals surface area contributed by atoms with E-state index in [0.29, 0.717) is 12.3 Å². The molecule has 1 aliphatic rings. The van der Waals surface area contributed by atoms with Gasteiger partial charge < -0.3 is 15.7 Å². The quantitative estimate of drug-likeness (QED) is 0.699. The lowest BCUT2D eigenvalue weighted by Crippen LogP contribution is -2.50. The number of urea groups is 1. The van der Waals surface area contributed by atoms with Crippen LogP contribution in [0.15, 0.2) is 0 Å². The lowest BCUT2D eigenvalue weighted by atomic mass is 9.87. The first kappa shape index (κ1) is 16.1. The smallest absolute Gasteiger partial charge is 0.326 e. The minimum atomic E-state index is -0.971. The van der Waals surface area contributed by atoms with Crippen LogP contribution in [0.25, 0.3) is 0 Å². The molecule has 1 fully saturated rings. The lowest BCUT2D eigenvalue weighted by molar-refractivity contribution is -0.139. The fourth-order valence-electron chi connectivity index (χ4n) is 2.44. The molecule has 0 saturated heterocycles. The maximum Gasteiger partial charge on any atom is 0.326 e. The molecule has 0 aromatic rings. The molecule has 0 aromatic carbocycles. The monoisotopic (exact) mass is 288 g/mol. The zero-order valence-corrected chi connectivity index (χ0v) is 12.5. The van der Waals surface area contributed by atoms with Crippen molar-refractivity contribution < 1.29 is 14.7 Å². The number of aliphatic carboxylic acids is 1. The van der Waals surface area contributed by atoms with E-state index in [0.717, 1.165) is 25.0 Å². The summed E-state index contributed by atoms with van der Waals surface area (Å²) in [6, 6.07) is -0.972. The molecule has 19 heavy (non-hydrogen) atoms. The van der Waals surface area contributed by atoms with E-state index in [1.807, 2.05) is 6.26 Å². The first-order valence-corrected chi connectivity index (χ1v) is 8.21. The van der Waals surface area contributed by atoms with Crippen molar-refractivity contribution in [2.75, 3.05) is 12.0 Å². The number of amides is 2. The highest BCUT2D eigenvalue weighted by atomic mass is 32.2. The van der Waals surface area contributed by atoms with Crippen LogP contribution < -0.4 is 10.6 Å². The van der Waals surface area contributed by atoms with Gasteiger partial charge in [0.2, 0.25) is 0 Å². The molecule has 0 heterocycles. The van der Waals surface area contributed by atoms with Crippen molar-refractivity contribution >= 4 is 23.8 Å². The van der Waals surface area contributed by atoms with Gasteiger partial charge in [-0.3, -0.25) is 0 Å². The standard InChI is InChI=1S/C13H24N2O3S/c1-9-4-3-5-10(8-9)14-13(18)15-11(12(16)17)6-7-19-2/h9-11H,3-8H2,1-2H3,(H,16,17)(H2,14,15,18)/t9?,10?,11-/m1/s1. The van der Waals surface area contributed by atoms with E-state index in [1.165, 1.54) is 6.42 Å². The van der Waals surface area contributed by atoms with Gasteiger partial charge in [-0.2, -0.15) is 11.8 Å². The molecular formula is C13H24N2O3S. The topological polar surface area (TPSA) is 78.4 Å². The first-order valence-electron chi connectivity index (χ1n) is 6.81. The van der Waals surface area contributed by atoms with Crippen LogP contribution in [0.5, 0.6) is 0 Å². The summed E-state index contributed by atoms with van der Waals surface area (Å²) in [4.78, 5) is 22.8. The van der Waals surface area contributed by atoms with Crippen molar-refractivity contribution in [1.29, 1.82) is 0 Å². The van der Waals surface area contributed by atoms with Crippen LogP contribution in [0.1, 0.15) is 39.0 Å². The molecule has 2 amide bonds. The van der Waals surface area contributed by atoms with Gasteiger partial charge in [0.25, 0.3) is 0 Å². The Bertz CT molecular complexity index is 312. The molecule has 3 N–H and O–H groups in total. The molecular weight excluding hydrogens is 264 g/mol. The van der Waals surface area contributed by atoms with E-state index < -0.39 is 12.0 Å². The molecule has 5 nitrogen and oxygen atoms in total. The van der Waals surface area contributed by atoms with Gasteiger partial charge in [-0.05, 0) is 37.2 Å². The summed E-state index contributed by atoms with van der Waals surface area (Å²) < 4.78 is 0. The number of hydrogen-bond acceptors (Lipinski definition) is 3. The fourth-order valence-corrected chi connectivity index (χ4v) is 2.92. The Hall–Kier alpha value is -0.910. The first-order chi connectivity index (χ1) is 9.02. The van der Waals surface area contributed by atoms with Gasteiger partial charge >= 0.3 is 12.0 Å². The number of rotatable bonds is 6. The second kappa shape index (κ2) is 8.30. The minimum Gasteiger partial charge on any atom is -0.480 e. The number of carboxylic acids is 1. The van der Waals surface area contributed by atoms with E-state index in [2.05, 4.69) is 17.6 Å². The molecule has 1 aliphatic carbocycles. The summed E-state index contributed by atoms with van der Waals surface area (Å²) in [5, 5.41) is 14.5. The van der Waals surface area contributed by atoms with Crippen molar-refractivity contribution in [2.45, 2.75) is 51.1 Å². The number of carboxylic acid groups (broad SMARTS) is 1. The third kappa shape index (κ3) is 6.18. The fraction of sp³-hybridized carbons (Fsp3) is 0.846. The minimum absolute atomic E-state index is 0.179. The molecule has 1 saturated carbocycles. The highest BCUT2D eigenvalue weighted by Gasteiger charge is 2.23. The third-order valence-corrected chi connectivity index (χ3v) is 4.13. The van der Waals surface area contributed by atoms with Crippen molar-refractivity contribution in [2.24, 2.45) is 5.92 Å². The number of carbonyl (C=O) groups excluding carboxylic acids is 1. The van der Waals surface area contributed by atoms with E-state index >= 15 is 0 Å². The zero-order chi connectivity index (χ0) is 14.3. The van der Waals surface area contributed by atoms with Crippen molar-refractivity contribution in [1.82, 2.24) is 10.6 Å². The maximum absolute atomic E-state index is 11.8. The second-order valence-corrected chi connectivity index (χ2v) is 6.24. The summed E-state index contributed by atoms with van der Waals surface area (Å²) >= 11 is 1.58. The molecule has 0 radical (unpaired) electrons. The largest absolute Gasteiger partial charge is 0.480 e. The highest BCUT2D eigenvalue weighted by Crippen LogP contribution is 2.23. The molecule has 0 aliphatic heterocycles. The van der Waals surface area contributed by atoms with Crippen LogP contribution in [0.2, 0.25) is 0 Å². The number of carbonyl (C=O) groups is 2. The Morgan fingerprint density at radius 1 is 1.42 bits per heavy atom. The highest BCUT2D eigenvalue weighted by molar-refractivity contribution is 7.98. The molecule has 0 spiro atoms. The second-order valence-electron chi connectivity index (χ2n) is 5.26. The Morgan fingerprint density at radius 2 is 2.16 bits per heavy atom. The third-order valence-electron chi connectivity index (χ3n) is 3.49. The molecule has 110 valence electrons. The average Bonchev–Trinajstić information content (AvgIpc) is 2.34. The molecule has 2 unspecified atom stereocenters. The molecule has 0 bridgehead atoms. The number of thioether (sulfide) groups is 1. The average molecular weight is 288 g/mol. The van der Waals surface area contributed by atoms with Crippen LogP contribution in [-0.4, -0.2) is 41.2 Å². The lowest BCUT2D eigenvalue weighted by Gasteiger charge is -2.28. The Labute approximate surface area is 118 Å². The van der Waals surface area contributed by atoms with E-state index in [1.54, 1.807) is 11.8 Å². The van der Waals surface area contributed by atoms with Gasteiger partial charge in [-0.25, -0.2) is 9.59 Å². The Morgan fingerprint density at radius 3 is 2.74 bits per heavy atom. The van der Waals surface area contributed by atoms with Crippen molar-refractivity contribution in [3.8, 4) is 0 Å². The van der Waals surface area contributed by atoms with Crippen LogP contribution >= 0.6 is 11.8 Å². The Balaban J connectivity index is 2.37. The van der Waals surface area contributed by atoms with Gasteiger partial charge in [0, 0.05) is 6.04 Å². The van der Waals surface area contributed by atoms with E-state index in [4.69, 9.17) is 5.11 Å². The predicted octanol–water partition coefficient (Wildman–Crippen LogP) is 2.07. The van der Waals surface area contributed by atoms with E-state index in [-0.39, 0.29) is 12.1 Å². The summed E-state index contributed by atoms with van der Waals surface area (Å²) in [5.74, 6) is 0.379. The number of nitrogens with one attached hydrogen (secondary N) is 2. The molecule has 3 atom stereocenters. The summed E-state index contributed by atoms with van der Waals surface area (Å²) in [6.45, 7) is 2.18. The predicted molar refractivity (Wildman–Crippen MR) is 77.5 cm³/mol.